The standard InChI is InChI=1S/C5H13NO3.FH/c1-6-2-4(8)5(9)3-7;/h4-9H,2-3H2,1H3;1H/t4-,5+;/m0./s1. The van der Waals surface area contributed by atoms with Crippen LogP contribution in [0.25, 0.3) is 0 Å². The van der Waals surface area contributed by atoms with Crippen molar-refractivity contribution in [3.8, 4) is 0 Å². The molecule has 2 atom stereocenters. The molecule has 0 bridgehead atoms. The van der Waals surface area contributed by atoms with Crippen LogP contribution in [-0.4, -0.2) is 47.7 Å². The SMILES string of the molecule is CNC[C@H](O)[C@H](O)CO.F. The minimum absolute atomic E-state index is 0. The fourth-order valence-electron chi connectivity index (χ4n) is 0.467. The van der Waals surface area contributed by atoms with Gasteiger partial charge in [0.25, 0.3) is 0 Å². The van der Waals surface area contributed by atoms with Crippen LogP contribution in [0, 0.1) is 0 Å². The zero-order valence-electron chi connectivity index (χ0n) is 5.82. The van der Waals surface area contributed by atoms with Crippen LogP contribution in [0.15, 0.2) is 0 Å². The summed E-state index contributed by atoms with van der Waals surface area (Å²) in [5.74, 6) is 0. The lowest BCUT2D eigenvalue weighted by Gasteiger charge is -2.13. The summed E-state index contributed by atoms with van der Waals surface area (Å²) >= 11 is 0. The van der Waals surface area contributed by atoms with Gasteiger partial charge in [0.1, 0.15) is 6.10 Å². The molecule has 10 heavy (non-hydrogen) atoms. The van der Waals surface area contributed by atoms with Crippen LogP contribution in [0.5, 0.6) is 0 Å². The lowest BCUT2D eigenvalue weighted by atomic mass is 10.2. The van der Waals surface area contributed by atoms with E-state index in [-0.39, 0.29) is 4.70 Å². The second kappa shape index (κ2) is 6.88. The van der Waals surface area contributed by atoms with Crippen molar-refractivity contribution in [1.29, 1.82) is 0 Å². The zero-order valence-corrected chi connectivity index (χ0v) is 5.82. The highest BCUT2D eigenvalue weighted by atomic mass is 19.0. The van der Waals surface area contributed by atoms with E-state index in [0.29, 0.717) is 6.54 Å². The molecule has 0 heterocycles. The minimum Gasteiger partial charge on any atom is -0.394 e. The predicted octanol–water partition coefficient (Wildman–Crippen LogP) is -1.93. The number of aliphatic hydroxyl groups excluding tert-OH is 3. The molecule has 0 amide bonds. The first kappa shape index (κ1) is 12.4. The maximum absolute atomic E-state index is 8.85. The predicted molar refractivity (Wildman–Crippen MR) is 35.5 cm³/mol. The van der Waals surface area contributed by atoms with Gasteiger partial charge in [-0.25, -0.2) is 0 Å². The molecule has 0 aliphatic carbocycles. The van der Waals surface area contributed by atoms with Crippen molar-refractivity contribution in [3.63, 3.8) is 0 Å². The average molecular weight is 155 g/mol. The summed E-state index contributed by atoms with van der Waals surface area (Å²) in [7, 11) is 1.66. The Bertz CT molecular complexity index is 73.9. The molecule has 0 saturated heterocycles. The van der Waals surface area contributed by atoms with E-state index < -0.39 is 18.8 Å². The Labute approximate surface area is 58.9 Å². The van der Waals surface area contributed by atoms with Crippen LogP contribution in [-0.2, 0) is 0 Å². The molecule has 0 aromatic carbocycles. The van der Waals surface area contributed by atoms with Gasteiger partial charge < -0.3 is 20.6 Å². The molecule has 0 aliphatic rings. The summed E-state index contributed by atoms with van der Waals surface area (Å²) in [5.41, 5.74) is 0. The number of rotatable bonds is 4. The Hall–Kier alpha value is -0.230. The number of hydrogen-bond donors (Lipinski definition) is 4. The van der Waals surface area contributed by atoms with Crippen molar-refractivity contribution in [2.24, 2.45) is 0 Å². The van der Waals surface area contributed by atoms with E-state index in [0.717, 1.165) is 0 Å². The molecule has 0 aromatic rings. The van der Waals surface area contributed by atoms with Crippen LogP contribution in [0.3, 0.4) is 0 Å². The molecule has 0 fully saturated rings. The fraction of sp³-hybridized carbons (Fsp3) is 1.00. The molecule has 0 spiro atoms. The maximum Gasteiger partial charge on any atom is 0.104 e. The van der Waals surface area contributed by atoms with Crippen molar-refractivity contribution in [2.75, 3.05) is 20.2 Å². The fourth-order valence-corrected chi connectivity index (χ4v) is 0.467. The van der Waals surface area contributed by atoms with Crippen LogP contribution >= 0.6 is 0 Å². The number of likely N-dealkylation sites (N-methyl/N-ethyl adjacent to an activating group) is 1. The Morgan fingerprint density at radius 1 is 1.30 bits per heavy atom. The Morgan fingerprint density at radius 2 is 1.80 bits per heavy atom. The third-order valence-electron chi connectivity index (χ3n) is 1.04. The summed E-state index contributed by atoms with van der Waals surface area (Å²) in [6, 6.07) is 0. The van der Waals surface area contributed by atoms with Gasteiger partial charge in [-0.15, -0.1) is 0 Å². The normalized spacial score (nSPS) is 15.6. The topological polar surface area (TPSA) is 72.7 Å². The van der Waals surface area contributed by atoms with Crippen molar-refractivity contribution in [1.82, 2.24) is 5.32 Å². The Kier molecular flexibility index (Phi) is 8.57. The second-order valence-corrected chi connectivity index (χ2v) is 1.87. The molecule has 4 nitrogen and oxygen atoms in total. The van der Waals surface area contributed by atoms with E-state index in [2.05, 4.69) is 5.32 Å². The molecule has 4 N–H and O–H groups in total. The molecule has 0 rings (SSSR count). The third kappa shape index (κ3) is 4.63. The molecule has 0 radical (unpaired) electrons. The molecular weight excluding hydrogens is 141 g/mol. The van der Waals surface area contributed by atoms with Gasteiger partial charge in [-0.3, -0.25) is 4.70 Å². The van der Waals surface area contributed by atoms with E-state index in [1.165, 1.54) is 0 Å². The first-order valence-corrected chi connectivity index (χ1v) is 2.84. The van der Waals surface area contributed by atoms with Crippen LogP contribution in [0.1, 0.15) is 0 Å². The summed E-state index contributed by atoms with van der Waals surface area (Å²) in [4.78, 5) is 0. The van der Waals surface area contributed by atoms with Gasteiger partial charge in [0.2, 0.25) is 0 Å². The molecule has 5 heteroatoms. The van der Waals surface area contributed by atoms with E-state index in [4.69, 9.17) is 15.3 Å². The summed E-state index contributed by atoms with van der Waals surface area (Å²) in [6.45, 7) is -0.107. The first-order valence-electron chi connectivity index (χ1n) is 2.84. The van der Waals surface area contributed by atoms with Gasteiger partial charge >= 0.3 is 0 Å². The highest BCUT2D eigenvalue weighted by molar-refractivity contribution is 4.66. The van der Waals surface area contributed by atoms with E-state index >= 15 is 0 Å². The molecule has 0 aromatic heterocycles. The molecule has 0 unspecified atom stereocenters. The van der Waals surface area contributed by atoms with Crippen molar-refractivity contribution >= 4 is 0 Å². The van der Waals surface area contributed by atoms with Crippen LogP contribution < -0.4 is 5.32 Å². The van der Waals surface area contributed by atoms with Gasteiger partial charge in [-0.05, 0) is 7.05 Å². The smallest absolute Gasteiger partial charge is 0.104 e. The lowest BCUT2D eigenvalue weighted by Crippen LogP contribution is -2.36. The quantitative estimate of drug-likeness (QED) is 0.381. The lowest BCUT2D eigenvalue weighted by molar-refractivity contribution is -0.0120. The van der Waals surface area contributed by atoms with Gasteiger partial charge in [0.05, 0.1) is 12.7 Å². The highest BCUT2D eigenvalue weighted by Crippen LogP contribution is 1.88. The largest absolute Gasteiger partial charge is 0.394 e. The van der Waals surface area contributed by atoms with Gasteiger partial charge in [0.15, 0.2) is 0 Å². The summed E-state index contributed by atoms with van der Waals surface area (Å²) in [5, 5.41) is 28.5. The first-order chi connectivity index (χ1) is 4.22. The van der Waals surface area contributed by atoms with E-state index in [1.807, 2.05) is 0 Å². The van der Waals surface area contributed by atoms with Crippen molar-refractivity contribution < 1.29 is 20.0 Å². The van der Waals surface area contributed by atoms with E-state index in [1.54, 1.807) is 7.05 Å². The number of nitrogens with one attached hydrogen (secondary N) is 1. The van der Waals surface area contributed by atoms with Crippen molar-refractivity contribution in [3.05, 3.63) is 0 Å². The zero-order chi connectivity index (χ0) is 7.28. The molecule has 0 aliphatic heterocycles. The third-order valence-corrected chi connectivity index (χ3v) is 1.04. The molecule has 64 valence electrons. The average Bonchev–Trinajstić information content (AvgIpc) is 1.87. The second-order valence-electron chi connectivity index (χ2n) is 1.87. The molecule has 0 saturated carbocycles. The van der Waals surface area contributed by atoms with Crippen LogP contribution in [0.4, 0.5) is 4.70 Å². The highest BCUT2D eigenvalue weighted by Gasteiger charge is 2.12. The van der Waals surface area contributed by atoms with Crippen molar-refractivity contribution in [2.45, 2.75) is 12.2 Å². The summed E-state index contributed by atoms with van der Waals surface area (Å²) in [6.07, 6.45) is -1.91. The monoisotopic (exact) mass is 155 g/mol. The van der Waals surface area contributed by atoms with Gasteiger partial charge in [-0.2, -0.15) is 0 Å². The summed E-state index contributed by atoms with van der Waals surface area (Å²) < 4.78 is 0. The molecular formula is C5H14FNO3. The number of aliphatic hydroxyl groups is 3. The number of halogens is 1. The maximum atomic E-state index is 8.85. The Balaban J connectivity index is 0. The number of hydrogen-bond acceptors (Lipinski definition) is 4. The van der Waals surface area contributed by atoms with Gasteiger partial charge in [-0.1, -0.05) is 0 Å². The Morgan fingerprint density at radius 3 is 2.10 bits per heavy atom. The van der Waals surface area contributed by atoms with Crippen LogP contribution in [0.2, 0.25) is 0 Å². The minimum atomic E-state index is -1.03. The van der Waals surface area contributed by atoms with E-state index in [9.17, 15) is 0 Å². The van der Waals surface area contributed by atoms with Gasteiger partial charge in [0, 0.05) is 6.54 Å².